The van der Waals surface area contributed by atoms with Gasteiger partial charge in [0.25, 0.3) is 0 Å². The van der Waals surface area contributed by atoms with Crippen molar-refractivity contribution in [3.8, 4) is 11.8 Å². The Morgan fingerprint density at radius 1 is 1.15 bits per heavy atom. The average molecular weight is 266 g/mol. The van der Waals surface area contributed by atoms with Crippen LogP contribution in [0.4, 0.5) is 5.69 Å². The highest BCUT2D eigenvalue weighted by Crippen LogP contribution is 2.21. The van der Waals surface area contributed by atoms with E-state index in [2.05, 4.69) is 24.4 Å². The number of hydrogen-bond acceptors (Lipinski definition) is 3. The Morgan fingerprint density at radius 3 is 2.60 bits per heavy atom. The molecule has 1 atom stereocenters. The molecule has 0 fully saturated rings. The highest BCUT2D eigenvalue weighted by atomic mass is 16.5. The maximum Gasteiger partial charge on any atom is 0.122 e. The number of para-hydroxylation sites is 2. The first kappa shape index (κ1) is 14.0. The molecule has 1 N–H and O–H groups in total. The van der Waals surface area contributed by atoms with E-state index in [1.165, 1.54) is 0 Å². The van der Waals surface area contributed by atoms with Gasteiger partial charge in [0.15, 0.2) is 0 Å². The summed E-state index contributed by atoms with van der Waals surface area (Å²) >= 11 is 0. The van der Waals surface area contributed by atoms with Crippen molar-refractivity contribution in [2.45, 2.75) is 19.4 Å². The molecule has 0 saturated carbocycles. The summed E-state index contributed by atoms with van der Waals surface area (Å²) in [7, 11) is 1.68. The minimum absolute atomic E-state index is 0.209. The first-order valence-corrected chi connectivity index (χ1v) is 6.62. The minimum Gasteiger partial charge on any atom is -0.496 e. The summed E-state index contributed by atoms with van der Waals surface area (Å²) in [4.78, 5) is 0. The highest BCUT2D eigenvalue weighted by molar-refractivity contribution is 5.57. The lowest BCUT2D eigenvalue weighted by atomic mass is 10.1. The van der Waals surface area contributed by atoms with Crippen molar-refractivity contribution in [2.24, 2.45) is 0 Å². The van der Waals surface area contributed by atoms with E-state index in [1.54, 1.807) is 7.11 Å². The van der Waals surface area contributed by atoms with Crippen molar-refractivity contribution < 1.29 is 4.74 Å². The molecule has 2 aromatic carbocycles. The molecule has 2 aromatic rings. The van der Waals surface area contributed by atoms with Crippen LogP contribution in [0.3, 0.4) is 0 Å². The second kappa shape index (κ2) is 6.63. The van der Waals surface area contributed by atoms with Gasteiger partial charge in [-0.05, 0) is 37.1 Å². The predicted octanol–water partition coefficient (Wildman–Crippen LogP) is 3.61. The molecule has 0 aromatic heterocycles. The number of nitrogens with one attached hydrogen (secondary N) is 1. The van der Waals surface area contributed by atoms with Gasteiger partial charge in [0.1, 0.15) is 11.8 Å². The van der Waals surface area contributed by atoms with Crippen LogP contribution >= 0.6 is 0 Å². The summed E-state index contributed by atoms with van der Waals surface area (Å²) in [5, 5.41) is 12.5. The standard InChI is InChI=1S/C17H18N2O/c1-13(11-14-7-4-6-10-17(14)20-2)19-16-9-5-3-8-15(16)12-18/h3-10,13,19H,11H2,1-2H3. The Kier molecular flexibility index (Phi) is 4.62. The molecule has 3 nitrogen and oxygen atoms in total. The lowest BCUT2D eigenvalue weighted by molar-refractivity contribution is 0.409. The maximum absolute atomic E-state index is 9.09. The molecule has 2 rings (SSSR count). The Morgan fingerprint density at radius 2 is 1.85 bits per heavy atom. The zero-order valence-corrected chi connectivity index (χ0v) is 11.8. The lowest BCUT2D eigenvalue weighted by Gasteiger charge is -2.17. The zero-order valence-electron chi connectivity index (χ0n) is 11.8. The van der Waals surface area contributed by atoms with Gasteiger partial charge >= 0.3 is 0 Å². The molecule has 102 valence electrons. The van der Waals surface area contributed by atoms with E-state index < -0.39 is 0 Å². The summed E-state index contributed by atoms with van der Waals surface area (Å²) in [6.45, 7) is 2.10. The van der Waals surface area contributed by atoms with Gasteiger partial charge in [0.2, 0.25) is 0 Å². The summed E-state index contributed by atoms with van der Waals surface area (Å²) in [6.07, 6.45) is 0.837. The van der Waals surface area contributed by atoms with Crippen LogP contribution in [0.25, 0.3) is 0 Å². The van der Waals surface area contributed by atoms with Gasteiger partial charge in [-0.1, -0.05) is 30.3 Å². The fraction of sp³-hybridized carbons (Fsp3) is 0.235. The fourth-order valence-electron chi connectivity index (χ4n) is 2.22. The fourth-order valence-corrected chi connectivity index (χ4v) is 2.22. The average Bonchev–Trinajstić information content (AvgIpc) is 2.48. The molecule has 0 aliphatic heterocycles. The molecule has 0 aliphatic carbocycles. The summed E-state index contributed by atoms with van der Waals surface area (Å²) in [5.74, 6) is 0.898. The van der Waals surface area contributed by atoms with Crippen molar-refractivity contribution in [3.05, 3.63) is 59.7 Å². The molecule has 0 amide bonds. The molecule has 3 heteroatoms. The van der Waals surface area contributed by atoms with E-state index in [4.69, 9.17) is 10.00 Å². The van der Waals surface area contributed by atoms with Gasteiger partial charge in [-0.15, -0.1) is 0 Å². The van der Waals surface area contributed by atoms with Crippen LogP contribution in [0.15, 0.2) is 48.5 Å². The molecular weight excluding hydrogens is 248 g/mol. The van der Waals surface area contributed by atoms with Crippen LogP contribution in [0, 0.1) is 11.3 Å². The van der Waals surface area contributed by atoms with Gasteiger partial charge in [-0.2, -0.15) is 5.26 Å². The van der Waals surface area contributed by atoms with Gasteiger partial charge in [0.05, 0.1) is 18.4 Å². The molecule has 1 unspecified atom stereocenters. The van der Waals surface area contributed by atoms with Crippen LogP contribution in [-0.2, 0) is 6.42 Å². The third kappa shape index (κ3) is 3.30. The first-order chi connectivity index (χ1) is 9.74. The zero-order chi connectivity index (χ0) is 14.4. The third-order valence-corrected chi connectivity index (χ3v) is 3.17. The normalized spacial score (nSPS) is 11.4. The Labute approximate surface area is 119 Å². The molecule has 0 heterocycles. The monoisotopic (exact) mass is 266 g/mol. The van der Waals surface area contributed by atoms with Crippen LogP contribution < -0.4 is 10.1 Å². The second-order valence-electron chi connectivity index (χ2n) is 4.72. The van der Waals surface area contributed by atoms with E-state index in [9.17, 15) is 0 Å². The smallest absolute Gasteiger partial charge is 0.122 e. The van der Waals surface area contributed by atoms with E-state index in [0.29, 0.717) is 5.56 Å². The quantitative estimate of drug-likeness (QED) is 0.899. The predicted molar refractivity (Wildman–Crippen MR) is 80.9 cm³/mol. The topological polar surface area (TPSA) is 45.0 Å². The maximum atomic E-state index is 9.09. The third-order valence-electron chi connectivity index (χ3n) is 3.17. The van der Waals surface area contributed by atoms with Crippen LogP contribution in [0.5, 0.6) is 5.75 Å². The minimum atomic E-state index is 0.209. The van der Waals surface area contributed by atoms with Crippen molar-refractivity contribution in [1.29, 1.82) is 5.26 Å². The van der Waals surface area contributed by atoms with Crippen LogP contribution in [0.1, 0.15) is 18.1 Å². The van der Waals surface area contributed by atoms with E-state index in [1.807, 2.05) is 42.5 Å². The van der Waals surface area contributed by atoms with Crippen LogP contribution in [0.2, 0.25) is 0 Å². The number of anilines is 1. The molecule has 0 saturated heterocycles. The van der Waals surface area contributed by atoms with Gasteiger partial charge in [-0.3, -0.25) is 0 Å². The Hall–Kier alpha value is -2.47. The number of methoxy groups -OCH3 is 1. The van der Waals surface area contributed by atoms with Gasteiger partial charge in [0, 0.05) is 6.04 Å². The van der Waals surface area contributed by atoms with Crippen molar-refractivity contribution in [3.63, 3.8) is 0 Å². The Balaban J connectivity index is 2.09. The second-order valence-corrected chi connectivity index (χ2v) is 4.72. The molecular formula is C17H18N2O. The summed E-state index contributed by atoms with van der Waals surface area (Å²) in [6, 6.07) is 18.0. The first-order valence-electron chi connectivity index (χ1n) is 6.62. The van der Waals surface area contributed by atoms with Crippen molar-refractivity contribution in [2.75, 3.05) is 12.4 Å². The number of ether oxygens (including phenoxy) is 1. The van der Waals surface area contributed by atoms with E-state index in [0.717, 1.165) is 23.4 Å². The van der Waals surface area contributed by atoms with Crippen LogP contribution in [-0.4, -0.2) is 13.2 Å². The van der Waals surface area contributed by atoms with Crippen molar-refractivity contribution in [1.82, 2.24) is 0 Å². The molecule has 0 spiro atoms. The summed E-state index contributed by atoms with van der Waals surface area (Å²) in [5.41, 5.74) is 2.70. The molecule has 0 bridgehead atoms. The number of hydrogen-bond donors (Lipinski definition) is 1. The molecule has 20 heavy (non-hydrogen) atoms. The van der Waals surface area contributed by atoms with Gasteiger partial charge in [-0.25, -0.2) is 0 Å². The highest BCUT2D eigenvalue weighted by Gasteiger charge is 2.09. The van der Waals surface area contributed by atoms with E-state index >= 15 is 0 Å². The SMILES string of the molecule is COc1ccccc1CC(C)Nc1ccccc1C#N. The number of nitriles is 1. The van der Waals surface area contributed by atoms with Crippen molar-refractivity contribution >= 4 is 5.69 Å². The van der Waals surface area contributed by atoms with E-state index in [-0.39, 0.29) is 6.04 Å². The number of benzene rings is 2. The molecule has 0 radical (unpaired) electrons. The molecule has 0 aliphatic rings. The Bertz CT molecular complexity index is 616. The number of rotatable bonds is 5. The number of nitrogens with zero attached hydrogens (tertiary/aromatic N) is 1. The van der Waals surface area contributed by atoms with Gasteiger partial charge < -0.3 is 10.1 Å². The largest absolute Gasteiger partial charge is 0.496 e. The lowest BCUT2D eigenvalue weighted by Crippen LogP contribution is -2.19. The summed E-state index contributed by atoms with van der Waals surface area (Å²) < 4.78 is 5.36.